The summed E-state index contributed by atoms with van der Waals surface area (Å²) in [6.45, 7) is 17.6. The Morgan fingerprint density at radius 3 is 1.90 bits per heavy atom. The van der Waals surface area contributed by atoms with Gasteiger partial charge >= 0.3 is 0 Å². The normalized spacial score (nSPS) is 11.4. The first kappa shape index (κ1) is 24.0. The number of hydrogen-bond acceptors (Lipinski definition) is 0. The molecule has 0 aromatic heterocycles. The highest BCUT2D eigenvalue weighted by atomic mass is 13.9. The third kappa shape index (κ3) is 18.0. The van der Waals surface area contributed by atoms with Gasteiger partial charge < -0.3 is 0 Å². The molecule has 0 amide bonds. The molecule has 0 nitrogen and oxygen atoms in total. The van der Waals surface area contributed by atoms with Crippen LogP contribution in [-0.4, -0.2) is 0 Å². The van der Waals surface area contributed by atoms with Gasteiger partial charge in [0.2, 0.25) is 0 Å². The van der Waals surface area contributed by atoms with Gasteiger partial charge in [0, 0.05) is 5.57 Å². The van der Waals surface area contributed by atoms with Gasteiger partial charge in [-0.1, -0.05) is 88.6 Å². The fraction of sp³-hybridized carbons (Fsp3) is 0.333. The molecular weight excluding hydrogens is 252 g/mol. The third-order valence-electron chi connectivity index (χ3n) is 1.99. The molecule has 0 radical (unpaired) electrons. The highest BCUT2D eigenvalue weighted by Gasteiger charge is 1.81. The fourth-order valence-electron chi connectivity index (χ4n) is 1.08. The number of allylic oxidation sites excluding steroid dienone is 11. The van der Waals surface area contributed by atoms with Crippen LogP contribution < -0.4 is 0 Å². The van der Waals surface area contributed by atoms with Crippen molar-refractivity contribution in [3.05, 3.63) is 72.4 Å². The lowest BCUT2D eigenvalue weighted by atomic mass is 10.2. The zero-order chi connectivity index (χ0) is 16.9. The van der Waals surface area contributed by atoms with E-state index in [4.69, 9.17) is 0 Å². The summed E-state index contributed by atoms with van der Waals surface area (Å²) in [5.74, 6) is 6.08. The van der Waals surface area contributed by atoms with Crippen molar-refractivity contribution >= 4 is 0 Å². The van der Waals surface area contributed by atoms with E-state index in [0.717, 1.165) is 11.1 Å². The van der Waals surface area contributed by atoms with E-state index in [2.05, 4.69) is 18.4 Å². The second-order valence-corrected chi connectivity index (χ2v) is 3.23. The SMILES string of the molecule is C=C/C=C\C(C=CC#CC(/C=C\C)=C/C)=C/C.CC.CC. The maximum absolute atomic E-state index is 3.64. The highest BCUT2D eigenvalue weighted by molar-refractivity contribution is 5.42. The summed E-state index contributed by atoms with van der Waals surface area (Å²) in [6, 6.07) is 0. The first-order valence-electron chi connectivity index (χ1n) is 7.71. The van der Waals surface area contributed by atoms with Gasteiger partial charge in [0.05, 0.1) is 0 Å². The first-order chi connectivity index (χ1) is 10.3. The van der Waals surface area contributed by atoms with Crippen LogP contribution in [-0.2, 0) is 0 Å². The van der Waals surface area contributed by atoms with E-state index in [1.807, 2.05) is 97.1 Å². The second-order valence-electron chi connectivity index (χ2n) is 3.23. The molecule has 0 N–H and O–H groups in total. The molecule has 116 valence electrons. The van der Waals surface area contributed by atoms with Gasteiger partial charge in [-0.2, -0.15) is 0 Å². The van der Waals surface area contributed by atoms with Crippen molar-refractivity contribution < 1.29 is 0 Å². The second kappa shape index (κ2) is 23.1. The van der Waals surface area contributed by atoms with Crippen molar-refractivity contribution in [3.63, 3.8) is 0 Å². The molecule has 0 spiro atoms. The Labute approximate surface area is 133 Å². The monoisotopic (exact) mass is 284 g/mol. The molecule has 0 unspecified atom stereocenters. The minimum absolute atomic E-state index is 1.03. The molecule has 0 fully saturated rings. The molecule has 0 bridgehead atoms. The molecule has 21 heavy (non-hydrogen) atoms. The van der Waals surface area contributed by atoms with Crippen LogP contribution >= 0.6 is 0 Å². The predicted octanol–water partition coefficient (Wildman–Crippen LogP) is 6.81. The van der Waals surface area contributed by atoms with Gasteiger partial charge in [-0.25, -0.2) is 0 Å². The molecule has 0 aliphatic heterocycles. The van der Waals surface area contributed by atoms with Crippen LogP contribution in [0.3, 0.4) is 0 Å². The molecular formula is C21H32. The molecule has 0 rings (SSSR count). The predicted molar refractivity (Wildman–Crippen MR) is 101 cm³/mol. The molecule has 0 saturated heterocycles. The molecule has 0 heteroatoms. The lowest BCUT2D eigenvalue weighted by molar-refractivity contribution is 1.50. The van der Waals surface area contributed by atoms with Gasteiger partial charge in [-0.05, 0) is 38.5 Å². The average Bonchev–Trinajstić information content (AvgIpc) is 2.56. The van der Waals surface area contributed by atoms with Gasteiger partial charge in [0.15, 0.2) is 0 Å². The van der Waals surface area contributed by atoms with Crippen LogP contribution in [0.15, 0.2) is 72.4 Å². The number of rotatable bonds is 4. The van der Waals surface area contributed by atoms with Crippen molar-refractivity contribution in [2.45, 2.75) is 48.5 Å². The van der Waals surface area contributed by atoms with Crippen LogP contribution in [0.2, 0.25) is 0 Å². The third-order valence-corrected chi connectivity index (χ3v) is 1.99. The van der Waals surface area contributed by atoms with E-state index in [9.17, 15) is 0 Å². The molecule has 0 saturated carbocycles. The van der Waals surface area contributed by atoms with Crippen LogP contribution in [0.4, 0.5) is 0 Å². The van der Waals surface area contributed by atoms with E-state index in [1.54, 1.807) is 6.08 Å². The maximum atomic E-state index is 3.64. The topological polar surface area (TPSA) is 0 Å². The highest BCUT2D eigenvalue weighted by Crippen LogP contribution is 1.99. The number of hydrogen-bond donors (Lipinski definition) is 0. The van der Waals surface area contributed by atoms with E-state index in [1.165, 1.54) is 0 Å². The maximum Gasteiger partial charge on any atom is 0.0202 e. The molecule has 0 aliphatic rings. The smallest absolute Gasteiger partial charge is 0.0202 e. The molecule has 0 atom stereocenters. The zero-order valence-electron chi connectivity index (χ0n) is 14.9. The summed E-state index contributed by atoms with van der Waals surface area (Å²) in [5, 5.41) is 0. The Morgan fingerprint density at radius 1 is 0.857 bits per heavy atom. The Balaban J connectivity index is -0.000000739. The molecule has 0 heterocycles. The van der Waals surface area contributed by atoms with E-state index < -0.39 is 0 Å². The van der Waals surface area contributed by atoms with Gasteiger partial charge in [-0.15, -0.1) is 0 Å². The Hall–Kier alpha value is -2.00. The zero-order valence-corrected chi connectivity index (χ0v) is 14.9. The molecule has 0 aromatic carbocycles. The minimum Gasteiger partial charge on any atom is -0.0991 e. The van der Waals surface area contributed by atoms with Crippen LogP contribution in [0, 0.1) is 11.8 Å². The Bertz CT molecular complexity index is 426. The molecule has 0 aliphatic carbocycles. The fourth-order valence-corrected chi connectivity index (χ4v) is 1.08. The van der Waals surface area contributed by atoms with Crippen molar-refractivity contribution in [2.75, 3.05) is 0 Å². The summed E-state index contributed by atoms with van der Waals surface area (Å²) < 4.78 is 0. The van der Waals surface area contributed by atoms with Crippen LogP contribution in [0.25, 0.3) is 0 Å². The minimum atomic E-state index is 1.03. The quantitative estimate of drug-likeness (QED) is 0.393. The van der Waals surface area contributed by atoms with E-state index in [-0.39, 0.29) is 0 Å². The van der Waals surface area contributed by atoms with Gasteiger partial charge in [0.1, 0.15) is 0 Å². The van der Waals surface area contributed by atoms with E-state index >= 15 is 0 Å². The Kier molecular flexibility index (Phi) is 26.5. The van der Waals surface area contributed by atoms with E-state index in [0.29, 0.717) is 0 Å². The first-order valence-corrected chi connectivity index (χ1v) is 7.71. The van der Waals surface area contributed by atoms with Crippen molar-refractivity contribution in [2.24, 2.45) is 0 Å². The largest absolute Gasteiger partial charge is 0.0991 e. The Morgan fingerprint density at radius 2 is 1.48 bits per heavy atom. The average molecular weight is 284 g/mol. The molecule has 0 aromatic rings. The lowest BCUT2D eigenvalue weighted by Gasteiger charge is -1.88. The lowest BCUT2D eigenvalue weighted by Crippen LogP contribution is -1.70. The van der Waals surface area contributed by atoms with Crippen molar-refractivity contribution in [3.8, 4) is 11.8 Å². The summed E-state index contributed by atoms with van der Waals surface area (Å²) >= 11 is 0. The van der Waals surface area contributed by atoms with Gasteiger partial charge in [0.25, 0.3) is 0 Å². The van der Waals surface area contributed by atoms with Crippen molar-refractivity contribution in [1.29, 1.82) is 0 Å². The van der Waals surface area contributed by atoms with Gasteiger partial charge in [-0.3, -0.25) is 0 Å². The summed E-state index contributed by atoms with van der Waals surface area (Å²) in [6.07, 6.45) is 17.5. The van der Waals surface area contributed by atoms with Crippen molar-refractivity contribution in [1.82, 2.24) is 0 Å². The summed E-state index contributed by atoms with van der Waals surface area (Å²) in [7, 11) is 0. The summed E-state index contributed by atoms with van der Waals surface area (Å²) in [5.41, 5.74) is 2.15. The van der Waals surface area contributed by atoms with Crippen LogP contribution in [0.5, 0.6) is 0 Å². The standard InChI is InChI=1S/C17H20.2C2H6/c1-5-9-13-17(8-4)15-11-10-14-16(7-3)12-6-2;2*1-2/h5-9,11-13,15H,1H2,2-4H3;2*1-2H3/b12-6-,13-9-,15-11?,16-7+,17-8+;;. The van der Waals surface area contributed by atoms with Crippen LogP contribution in [0.1, 0.15) is 48.5 Å². The summed E-state index contributed by atoms with van der Waals surface area (Å²) in [4.78, 5) is 0.